The van der Waals surface area contributed by atoms with Gasteiger partial charge < -0.3 is 10.6 Å². The zero-order valence-corrected chi connectivity index (χ0v) is 15.1. The Labute approximate surface area is 148 Å². The molecule has 0 saturated carbocycles. The highest BCUT2D eigenvalue weighted by atomic mass is 35.5. The van der Waals surface area contributed by atoms with Crippen molar-refractivity contribution in [2.75, 3.05) is 32.1 Å². The molecule has 6 nitrogen and oxygen atoms in total. The summed E-state index contributed by atoms with van der Waals surface area (Å²) in [7, 11) is 4.11. The number of aromatic nitrogens is 3. The van der Waals surface area contributed by atoms with Crippen molar-refractivity contribution in [1.29, 1.82) is 0 Å². The van der Waals surface area contributed by atoms with Gasteiger partial charge in [0, 0.05) is 42.8 Å². The maximum Gasteiger partial charge on any atom is 0.153 e. The van der Waals surface area contributed by atoms with Gasteiger partial charge in [0.1, 0.15) is 5.82 Å². The molecule has 24 heavy (non-hydrogen) atoms. The summed E-state index contributed by atoms with van der Waals surface area (Å²) >= 11 is 6.45. The molecule has 0 aliphatic carbocycles. The number of hydrogen-bond acceptors (Lipinski definition) is 5. The Morgan fingerprint density at radius 2 is 2.08 bits per heavy atom. The number of rotatable bonds is 5. The third-order valence-corrected chi connectivity index (χ3v) is 5.01. The van der Waals surface area contributed by atoms with E-state index in [-0.39, 0.29) is 0 Å². The van der Waals surface area contributed by atoms with Crippen LogP contribution in [0.3, 0.4) is 0 Å². The first-order chi connectivity index (χ1) is 11.6. The molecule has 1 aromatic heterocycles. The van der Waals surface area contributed by atoms with E-state index < -0.39 is 0 Å². The van der Waals surface area contributed by atoms with Crippen LogP contribution in [0.5, 0.6) is 0 Å². The molecule has 3 N–H and O–H groups in total. The maximum atomic E-state index is 6.45. The summed E-state index contributed by atoms with van der Waals surface area (Å²) in [4.78, 5) is 9.06. The van der Waals surface area contributed by atoms with E-state index in [0.29, 0.717) is 12.5 Å². The number of nitrogens with one attached hydrogen (secondary N) is 1. The third kappa shape index (κ3) is 3.71. The molecule has 2 aromatic rings. The number of aromatic amines is 1. The zero-order valence-electron chi connectivity index (χ0n) is 14.3. The fourth-order valence-electron chi connectivity index (χ4n) is 3.28. The van der Waals surface area contributed by atoms with Crippen molar-refractivity contribution < 1.29 is 0 Å². The van der Waals surface area contributed by atoms with Gasteiger partial charge in [0.25, 0.3) is 0 Å². The molecule has 2 heterocycles. The Morgan fingerprint density at radius 3 is 2.71 bits per heavy atom. The molecule has 0 spiro atoms. The van der Waals surface area contributed by atoms with E-state index in [1.807, 2.05) is 12.1 Å². The first kappa shape index (κ1) is 17.2. The highest BCUT2D eigenvalue weighted by Gasteiger charge is 2.24. The monoisotopic (exact) mass is 348 g/mol. The highest BCUT2D eigenvalue weighted by Crippen LogP contribution is 2.31. The van der Waals surface area contributed by atoms with Crippen LogP contribution in [-0.2, 0) is 13.1 Å². The molecule has 0 atom stereocenters. The summed E-state index contributed by atoms with van der Waals surface area (Å²) in [6.45, 7) is 3.33. The number of piperidine rings is 1. The lowest BCUT2D eigenvalue weighted by molar-refractivity contribution is 0.202. The number of nitrogens with two attached hydrogens (primary N) is 1. The molecule has 1 aliphatic heterocycles. The fraction of sp³-hybridized carbons (Fsp3) is 0.529. The molecule has 0 bridgehead atoms. The minimum absolute atomic E-state index is 0.408. The molecule has 3 rings (SSSR count). The van der Waals surface area contributed by atoms with E-state index in [9.17, 15) is 0 Å². The van der Waals surface area contributed by atoms with Crippen LogP contribution in [0.4, 0.5) is 5.69 Å². The average molecular weight is 349 g/mol. The molecule has 1 saturated heterocycles. The smallest absolute Gasteiger partial charge is 0.153 e. The van der Waals surface area contributed by atoms with Crippen molar-refractivity contribution in [3.8, 4) is 0 Å². The van der Waals surface area contributed by atoms with Gasteiger partial charge in [0.05, 0.1) is 6.54 Å². The predicted molar refractivity (Wildman–Crippen MR) is 97.3 cm³/mol. The topological polar surface area (TPSA) is 74.1 Å². The average Bonchev–Trinajstić information content (AvgIpc) is 3.06. The van der Waals surface area contributed by atoms with Crippen molar-refractivity contribution in [2.45, 2.75) is 31.8 Å². The van der Waals surface area contributed by atoms with Crippen LogP contribution in [-0.4, -0.2) is 47.3 Å². The van der Waals surface area contributed by atoms with E-state index in [2.05, 4.69) is 45.1 Å². The second kappa shape index (κ2) is 7.51. The second-order valence-electron chi connectivity index (χ2n) is 6.53. The van der Waals surface area contributed by atoms with Gasteiger partial charge in [-0.3, -0.25) is 10.00 Å². The van der Waals surface area contributed by atoms with E-state index in [0.717, 1.165) is 49.1 Å². The van der Waals surface area contributed by atoms with Gasteiger partial charge in [-0.15, -0.1) is 0 Å². The van der Waals surface area contributed by atoms with Crippen molar-refractivity contribution in [2.24, 2.45) is 5.73 Å². The largest absolute Gasteiger partial charge is 0.377 e. The number of hydrogen-bond donors (Lipinski definition) is 2. The molecule has 0 radical (unpaired) electrons. The van der Waals surface area contributed by atoms with Crippen LogP contribution in [0.15, 0.2) is 18.2 Å². The van der Waals surface area contributed by atoms with E-state index in [1.54, 1.807) is 0 Å². The molecule has 1 fully saturated rings. The highest BCUT2D eigenvalue weighted by molar-refractivity contribution is 6.31. The first-order valence-corrected chi connectivity index (χ1v) is 8.74. The van der Waals surface area contributed by atoms with Gasteiger partial charge in [-0.05, 0) is 38.1 Å². The Bertz CT molecular complexity index is 675. The summed E-state index contributed by atoms with van der Waals surface area (Å²) in [6.07, 6.45) is 2.12. The van der Waals surface area contributed by atoms with Crippen molar-refractivity contribution in [1.82, 2.24) is 20.1 Å². The van der Waals surface area contributed by atoms with E-state index in [1.165, 1.54) is 11.3 Å². The number of halogens is 1. The molecule has 0 unspecified atom stereocenters. The van der Waals surface area contributed by atoms with E-state index in [4.69, 9.17) is 17.3 Å². The SMILES string of the molecule is CN(C)c1cccc(Cl)c1CN1CCC(c2n[nH]c(CN)n2)CC1. The van der Waals surface area contributed by atoms with Crippen LogP contribution < -0.4 is 10.6 Å². The number of H-pyrrole nitrogens is 1. The van der Waals surface area contributed by atoms with Crippen LogP contribution in [0.1, 0.15) is 36.0 Å². The Kier molecular flexibility index (Phi) is 5.38. The van der Waals surface area contributed by atoms with E-state index >= 15 is 0 Å². The molecular weight excluding hydrogens is 324 g/mol. The quantitative estimate of drug-likeness (QED) is 0.867. The fourth-order valence-corrected chi connectivity index (χ4v) is 3.51. The number of likely N-dealkylation sites (tertiary alicyclic amines) is 1. The summed E-state index contributed by atoms with van der Waals surface area (Å²) in [5.74, 6) is 2.08. The van der Waals surface area contributed by atoms with Crippen LogP contribution in [0.2, 0.25) is 5.02 Å². The molecule has 7 heteroatoms. The standard InChI is InChI=1S/C17H25ClN6/c1-23(2)15-5-3-4-14(18)13(15)11-24-8-6-12(7-9-24)17-20-16(10-19)21-22-17/h3-5,12H,6-11,19H2,1-2H3,(H,20,21,22). The molecule has 1 aliphatic rings. The normalized spacial score (nSPS) is 16.5. The number of nitrogens with zero attached hydrogens (tertiary/aromatic N) is 4. The Balaban J connectivity index is 1.64. The van der Waals surface area contributed by atoms with Gasteiger partial charge in [-0.2, -0.15) is 5.10 Å². The van der Waals surface area contributed by atoms with Gasteiger partial charge in [-0.25, -0.2) is 4.98 Å². The minimum Gasteiger partial charge on any atom is -0.377 e. The van der Waals surface area contributed by atoms with Crippen LogP contribution in [0, 0.1) is 0 Å². The summed E-state index contributed by atoms with van der Waals surface area (Å²) in [6, 6.07) is 6.10. The number of anilines is 1. The predicted octanol–water partition coefficient (Wildman–Crippen LogP) is 2.36. The Hall–Kier alpha value is -1.63. The van der Waals surface area contributed by atoms with Crippen LogP contribution >= 0.6 is 11.6 Å². The number of benzene rings is 1. The Morgan fingerprint density at radius 1 is 1.33 bits per heavy atom. The van der Waals surface area contributed by atoms with Gasteiger partial charge >= 0.3 is 0 Å². The summed E-state index contributed by atoms with van der Waals surface area (Å²) in [5.41, 5.74) is 7.98. The van der Waals surface area contributed by atoms with Crippen LogP contribution in [0.25, 0.3) is 0 Å². The lowest BCUT2D eigenvalue weighted by Gasteiger charge is -2.32. The van der Waals surface area contributed by atoms with Gasteiger partial charge in [-0.1, -0.05) is 17.7 Å². The lowest BCUT2D eigenvalue weighted by Crippen LogP contribution is -2.33. The maximum absolute atomic E-state index is 6.45. The molecular formula is C17H25ClN6. The zero-order chi connectivity index (χ0) is 17.1. The third-order valence-electron chi connectivity index (χ3n) is 4.65. The molecule has 0 amide bonds. The summed E-state index contributed by atoms with van der Waals surface area (Å²) in [5, 5.41) is 8.06. The summed E-state index contributed by atoms with van der Waals surface area (Å²) < 4.78 is 0. The first-order valence-electron chi connectivity index (χ1n) is 8.36. The van der Waals surface area contributed by atoms with Gasteiger partial charge in [0.15, 0.2) is 5.82 Å². The van der Waals surface area contributed by atoms with Crippen molar-refractivity contribution in [3.05, 3.63) is 40.4 Å². The second-order valence-corrected chi connectivity index (χ2v) is 6.93. The molecule has 1 aromatic carbocycles. The van der Waals surface area contributed by atoms with Crippen molar-refractivity contribution in [3.63, 3.8) is 0 Å². The lowest BCUT2D eigenvalue weighted by atomic mass is 9.95. The molecule has 130 valence electrons. The van der Waals surface area contributed by atoms with Crippen molar-refractivity contribution >= 4 is 17.3 Å². The minimum atomic E-state index is 0.408. The van der Waals surface area contributed by atoms with Gasteiger partial charge in [0.2, 0.25) is 0 Å².